The summed E-state index contributed by atoms with van der Waals surface area (Å²) in [6.07, 6.45) is 0. The molecule has 3 heteroatoms. The molecule has 0 radical (unpaired) electrons. The zero-order valence-corrected chi connectivity index (χ0v) is 27.3. The van der Waals surface area contributed by atoms with Crippen molar-refractivity contribution >= 4 is 59.3 Å². The van der Waals surface area contributed by atoms with E-state index >= 15 is 0 Å². The van der Waals surface area contributed by atoms with Crippen LogP contribution in [0.4, 0.5) is 17.1 Å². The number of nitrogens with zero attached hydrogens (tertiary/aromatic N) is 1. The molecule has 49 heavy (non-hydrogen) atoms. The minimum absolute atomic E-state index is 0.860. The van der Waals surface area contributed by atoms with Crippen molar-refractivity contribution in [2.45, 2.75) is 0 Å². The molecular weight excluding hydrogens is 615 g/mol. The van der Waals surface area contributed by atoms with Crippen LogP contribution in [-0.4, -0.2) is 0 Å². The van der Waals surface area contributed by atoms with E-state index in [1.54, 1.807) is 0 Å². The van der Waals surface area contributed by atoms with Crippen LogP contribution in [0.15, 0.2) is 176 Å². The summed E-state index contributed by atoms with van der Waals surface area (Å²) in [5.74, 6) is 1.73. The second-order valence-corrected chi connectivity index (χ2v) is 13.5. The van der Waals surface area contributed by atoms with Gasteiger partial charge in [-0.3, -0.25) is 0 Å². The van der Waals surface area contributed by atoms with Crippen LogP contribution in [0.3, 0.4) is 0 Å². The zero-order valence-electron chi connectivity index (χ0n) is 26.5. The van der Waals surface area contributed by atoms with Crippen molar-refractivity contribution < 1.29 is 4.74 Å². The fourth-order valence-corrected chi connectivity index (χ4v) is 8.60. The number of benzene rings is 8. The van der Waals surface area contributed by atoms with E-state index < -0.39 is 0 Å². The van der Waals surface area contributed by atoms with Crippen molar-refractivity contribution in [3.8, 4) is 44.9 Å². The fraction of sp³-hybridized carbons (Fsp3) is 0. The van der Waals surface area contributed by atoms with E-state index in [1.165, 1.54) is 36.9 Å². The summed E-state index contributed by atoms with van der Waals surface area (Å²) in [5, 5.41) is 4.78. The first-order chi connectivity index (χ1) is 24.3. The van der Waals surface area contributed by atoms with Crippen LogP contribution < -0.4 is 9.64 Å². The van der Waals surface area contributed by atoms with Crippen molar-refractivity contribution in [1.82, 2.24) is 0 Å². The molecule has 0 saturated carbocycles. The Balaban J connectivity index is 1.30. The van der Waals surface area contributed by atoms with Gasteiger partial charge in [-0.05, 0) is 64.5 Å². The summed E-state index contributed by atoms with van der Waals surface area (Å²) in [6, 6.07) is 63.1. The Hall–Kier alpha value is -6.16. The number of anilines is 3. The smallest absolute Gasteiger partial charge is 0.145 e. The Kier molecular flexibility index (Phi) is 6.39. The molecule has 230 valence electrons. The monoisotopic (exact) mass is 643 g/mol. The number of hydrogen-bond donors (Lipinski definition) is 0. The van der Waals surface area contributed by atoms with Gasteiger partial charge in [0.15, 0.2) is 0 Å². The van der Waals surface area contributed by atoms with Gasteiger partial charge in [-0.2, -0.15) is 0 Å². The van der Waals surface area contributed by atoms with Gasteiger partial charge >= 0.3 is 0 Å². The van der Waals surface area contributed by atoms with E-state index in [0.29, 0.717) is 0 Å². The van der Waals surface area contributed by atoms with Gasteiger partial charge < -0.3 is 9.64 Å². The summed E-state index contributed by atoms with van der Waals surface area (Å²) in [6.45, 7) is 0. The van der Waals surface area contributed by atoms with E-state index in [2.05, 4.69) is 181 Å². The summed E-state index contributed by atoms with van der Waals surface area (Å²) in [5.41, 5.74) is 10.1. The van der Waals surface area contributed by atoms with Crippen LogP contribution in [-0.2, 0) is 0 Å². The molecule has 1 aliphatic rings. The van der Waals surface area contributed by atoms with E-state index in [9.17, 15) is 0 Å². The molecule has 0 saturated heterocycles. The minimum Gasteiger partial charge on any atom is -0.455 e. The maximum absolute atomic E-state index is 7.06. The molecule has 0 fully saturated rings. The third kappa shape index (κ3) is 4.47. The van der Waals surface area contributed by atoms with Crippen LogP contribution in [0.2, 0.25) is 0 Å². The summed E-state index contributed by atoms with van der Waals surface area (Å²) < 4.78 is 9.62. The van der Waals surface area contributed by atoms with E-state index in [0.717, 1.165) is 56.0 Å². The molecule has 0 amide bonds. The first-order valence-corrected chi connectivity index (χ1v) is 17.4. The van der Waals surface area contributed by atoms with Gasteiger partial charge in [0.05, 0.1) is 11.4 Å². The molecule has 0 atom stereocenters. The predicted molar refractivity (Wildman–Crippen MR) is 208 cm³/mol. The van der Waals surface area contributed by atoms with Crippen molar-refractivity contribution in [2.24, 2.45) is 0 Å². The van der Waals surface area contributed by atoms with Crippen LogP contribution in [0.25, 0.3) is 64.3 Å². The molecule has 1 aromatic heterocycles. The molecule has 0 N–H and O–H groups in total. The van der Waals surface area contributed by atoms with Crippen LogP contribution in [0, 0.1) is 0 Å². The SMILES string of the molecule is c1ccc(-c2ccccc2N(c2ccc3c(c2)sc2ccccc23)c2cccc3ccc4c(c23)Oc2ccccc2-c2ccccc2-4)cc1. The van der Waals surface area contributed by atoms with Gasteiger partial charge in [-0.25, -0.2) is 0 Å². The molecule has 8 aromatic carbocycles. The summed E-state index contributed by atoms with van der Waals surface area (Å²) in [4.78, 5) is 2.43. The lowest BCUT2D eigenvalue weighted by Gasteiger charge is -2.30. The van der Waals surface area contributed by atoms with Crippen LogP contribution in [0.1, 0.15) is 0 Å². The number of thiophene rings is 1. The van der Waals surface area contributed by atoms with Gasteiger partial charge in [0.25, 0.3) is 0 Å². The fourth-order valence-electron chi connectivity index (χ4n) is 7.46. The molecule has 9 aromatic rings. The first kappa shape index (κ1) is 27.9. The van der Waals surface area contributed by atoms with Crippen molar-refractivity contribution in [3.05, 3.63) is 176 Å². The topological polar surface area (TPSA) is 12.5 Å². The maximum Gasteiger partial charge on any atom is 0.145 e. The average molecular weight is 644 g/mol. The normalized spacial score (nSPS) is 11.8. The number of para-hydroxylation sites is 2. The molecule has 10 rings (SSSR count). The lowest BCUT2D eigenvalue weighted by molar-refractivity contribution is 0.493. The summed E-state index contributed by atoms with van der Waals surface area (Å²) in [7, 11) is 0. The van der Waals surface area contributed by atoms with E-state index in [4.69, 9.17) is 4.74 Å². The van der Waals surface area contributed by atoms with Gasteiger partial charge in [-0.15, -0.1) is 11.3 Å². The molecule has 0 bridgehead atoms. The Labute approximate surface area is 288 Å². The quantitative estimate of drug-likeness (QED) is 0.189. The van der Waals surface area contributed by atoms with Crippen molar-refractivity contribution in [2.75, 3.05) is 4.90 Å². The van der Waals surface area contributed by atoms with Crippen molar-refractivity contribution in [1.29, 1.82) is 0 Å². The molecule has 1 aliphatic heterocycles. The average Bonchev–Trinajstić information content (AvgIpc) is 3.46. The maximum atomic E-state index is 7.06. The summed E-state index contributed by atoms with van der Waals surface area (Å²) >= 11 is 1.85. The predicted octanol–water partition coefficient (Wildman–Crippen LogP) is 13.8. The second kappa shape index (κ2) is 11.2. The Morgan fingerprint density at radius 1 is 0.429 bits per heavy atom. The van der Waals surface area contributed by atoms with Crippen molar-refractivity contribution in [3.63, 3.8) is 0 Å². The number of ether oxygens (including phenoxy) is 1. The minimum atomic E-state index is 0.860. The Bertz CT molecular complexity index is 2710. The molecule has 2 heterocycles. The van der Waals surface area contributed by atoms with E-state index in [-0.39, 0.29) is 0 Å². The first-order valence-electron chi connectivity index (χ1n) is 16.6. The molecular formula is C46H29NOS. The number of rotatable bonds is 4. The molecule has 2 nitrogen and oxygen atoms in total. The number of fused-ring (bicyclic) bond motifs is 10. The molecule has 0 spiro atoms. The largest absolute Gasteiger partial charge is 0.455 e. The highest BCUT2D eigenvalue weighted by Gasteiger charge is 2.26. The standard InChI is InChI=1S/C46H29NOS/c1-2-13-30(14-3-1)33-16-6-9-21-40(33)47(32-26-28-38-37-20-8-11-24-43(37)49-44(38)29-32)41-22-12-15-31-25-27-39-35-18-5-4-17-34(35)36-19-7-10-23-42(36)48-46(39)45(31)41/h1-29H. The van der Waals surface area contributed by atoms with Crippen LogP contribution in [0.5, 0.6) is 11.5 Å². The lowest BCUT2D eigenvalue weighted by atomic mass is 9.92. The second-order valence-electron chi connectivity index (χ2n) is 12.5. The van der Waals surface area contributed by atoms with Gasteiger partial charge in [0, 0.05) is 47.9 Å². The zero-order chi connectivity index (χ0) is 32.3. The highest BCUT2D eigenvalue weighted by atomic mass is 32.1. The highest BCUT2D eigenvalue weighted by Crippen LogP contribution is 2.53. The molecule has 0 unspecified atom stereocenters. The Morgan fingerprint density at radius 3 is 1.98 bits per heavy atom. The van der Waals surface area contributed by atoms with Gasteiger partial charge in [-0.1, -0.05) is 133 Å². The van der Waals surface area contributed by atoms with Gasteiger partial charge in [0.1, 0.15) is 11.5 Å². The van der Waals surface area contributed by atoms with E-state index in [1.807, 2.05) is 11.3 Å². The third-order valence-corrected chi connectivity index (χ3v) is 10.8. The van der Waals surface area contributed by atoms with Crippen LogP contribution >= 0.6 is 11.3 Å². The Morgan fingerprint density at radius 2 is 1.10 bits per heavy atom. The number of hydrogen-bond acceptors (Lipinski definition) is 3. The van der Waals surface area contributed by atoms with Gasteiger partial charge in [0.2, 0.25) is 0 Å². The third-order valence-electron chi connectivity index (χ3n) is 9.67. The molecule has 0 aliphatic carbocycles. The highest BCUT2D eigenvalue weighted by molar-refractivity contribution is 7.25. The lowest BCUT2D eigenvalue weighted by Crippen LogP contribution is -2.12.